The minimum absolute atomic E-state index is 0.0290. The molecule has 3 aromatic rings. The van der Waals surface area contributed by atoms with Crippen LogP contribution < -0.4 is 16.6 Å². The van der Waals surface area contributed by atoms with Gasteiger partial charge in [0.05, 0.1) is 11.6 Å². The van der Waals surface area contributed by atoms with Crippen molar-refractivity contribution in [3.63, 3.8) is 0 Å². The lowest BCUT2D eigenvalue weighted by Crippen LogP contribution is -2.38. The molecule has 0 bridgehead atoms. The van der Waals surface area contributed by atoms with Crippen molar-refractivity contribution < 1.29 is 9.21 Å². The number of amides is 1. The van der Waals surface area contributed by atoms with Crippen LogP contribution in [0.15, 0.2) is 32.4 Å². The molecule has 1 atom stereocenters. The molecule has 3 aromatic heterocycles. The number of aromatic nitrogens is 3. The van der Waals surface area contributed by atoms with Crippen molar-refractivity contribution in [2.45, 2.75) is 52.5 Å². The van der Waals surface area contributed by atoms with E-state index in [9.17, 15) is 14.4 Å². The second kappa shape index (κ2) is 8.69. The first-order chi connectivity index (χ1) is 14.2. The van der Waals surface area contributed by atoms with Gasteiger partial charge in [0.25, 0.3) is 5.56 Å². The number of hydrogen-bond acceptors (Lipinski definition) is 5. The fourth-order valence-corrected chi connectivity index (χ4v) is 3.78. The Labute approximate surface area is 174 Å². The number of fused-ring (bicyclic) bond motifs is 1. The van der Waals surface area contributed by atoms with Crippen LogP contribution >= 0.6 is 0 Å². The van der Waals surface area contributed by atoms with Gasteiger partial charge in [0.2, 0.25) is 5.91 Å². The van der Waals surface area contributed by atoms with Crippen molar-refractivity contribution in [1.29, 1.82) is 0 Å². The van der Waals surface area contributed by atoms with Gasteiger partial charge in [-0.3, -0.25) is 18.7 Å². The highest BCUT2D eigenvalue weighted by atomic mass is 16.3. The zero-order valence-electron chi connectivity index (χ0n) is 18.1. The molecule has 0 saturated heterocycles. The lowest BCUT2D eigenvalue weighted by atomic mass is 9.99. The summed E-state index contributed by atoms with van der Waals surface area (Å²) in [6.45, 7) is 5.66. The van der Waals surface area contributed by atoms with E-state index in [1.807, 2.05) is 32.9 Å². The summed E-state index contributed by atoms with van der Waals surface area (Å²) in [7, 11) is 3.06. The van der Waals surface area contributed by atoms with Gasteiger partial charge in [0, 0.05) is 38.7 Å². The SMILES string of the molecule is Cc1nc2c(c(C)c1CCC(=O)N[C@@H](C)CCc1ccco1)c(=O)n(C)c(=O)n2C. The summed E-state index contributed by atoms with van der Waals surface area (Å²) in [6, 6.07) is 3.81. The molecule has 0 radical (unpaired) electrons. The second-order valence-corrected chi connectivity index (χ2v) is 7.79. The third-order valence-electron chi connectivity index (χ3n) is 5.58. The van der Waals surface area contributed by atoms with Gasteiger partial charge in [-0.1, -0.05) is 0 Å². The van der Waals surface area contributed by atoms with Crippen LogP contribution in [0.4, 0.5) is 0 Å². The Bertz CT molecular complexity index is 1190. The second-order valence-electron chi connectivity index (χ2n) is 7.79. The predicted octanol–water partition coefficient (Wildman–Crippen LogP) is 1.91. The summed E-state index contributed by atoms with van der Waals surface area (Å²) in [5, 5.41) is 3.44. The maximum Gasteiger partial charge on any atom is 0.332 e. The number of hydrogen-bond donors (Lipinski definition) is 1. The van der Waals surface area contributed by atoms with Crippen molar-refractivity contribution in [3.8, 4) is 0 Å². The summed E-state index contributed by atoms with van der Waals surface area (Å²) in [5.74, 6) is 0.856. The van der Waals surface area contributed by atoms with Crippen molar-refractivity contribution in [1.82, 2.24) is 19.4 Å². The van der Waals surface area contributed by atoms with Crippen LogP contribution in [0, 0.1) is 13.8 Å². The fraction of sp³-hybridized carbons (Fsp3) is 0.455. The number of carbonyl (C=O) groups excluding carboxylic acids is 1. The number of aryl methyl sites for hydroxylation is 4. The summed E-state index contributed by atoms with van der Waals surface area (Å²) in [4.78, 5) is 41.8. The lowest BCUT2D eigenvalue weighted by Gasteiger charge is -2.16. The van der Waals surface area contributed by atoms with E-state index in [0.717, 1.165) is 40.0 Å². The summed E-state index contributed by atoms with van der Waals surface area (Å²) in [5.41, 5.74) is 1.97. The topological polar surface area (TPSA) is 99.1 Å². The zero-order valence-corrected chi connectivity index (χ0v) is 18.1. The van der Waals surface area contributed by atoms with E-state index in [1.54, 1.807) is 13.3 Å². The molecule has 160 valence electrons. The summed E-state index contributed by atoms with van der Waals surface area (Å²) >= 11 is 0. The molecular weight excluding hydrogens is 384 g/mol. The number of nitrogens with zero attached hydrogens (tertiary/aromatic N) is 3. The van der Waals surface area contributed by atoms with Gasteiger partial charge in [0.1, 0.15) is 11.4 Å². The third-order valence-corrected chi connectivity index (χ3v) is 5.58. The standard InChI is InChI=1S/C22H28N4O4/c1-13(8-9-16-7-6-12-30-16)23-18(27)11-10-17-14(2)19-20(24-15(17)3)25(4)22(29)26(5)21(19)28/h6-7,12-13H,8-11H2,1-5H3,(H,23,27)/t13-/m0/s1. The van der Waals surface area contributed by atoms with E-state index >= 15 is 0 Å². The van der Waals surface area contributed by atoms with E-state index in [1.165, 1.54) is 11.6 Å². The number of furan rings is 1. The number of carbonyl (C=O) groups is 1. The number of pyridine rings is 1. The van der Waals surface area contributed by atoms with Crippen molar-refractivity contribution in [3.05, 3.63) is 61.8 Å². The van der Waals surface area contributed by atoms with Crippen molar-refractivity contribution in [2.24, 2.45) is 14.1 Å². The van der Waals surface area contributed by atoms with Gasteiger partial charge in [-0.15, -0.1) is 0 Å². The van der Waals surface area contributed by atoms with Crippen LogP contribution in [-0.4, -0.2) is 26.1 Å². The zero-order chi connectivity index (χ0) is 22.0. The van der Waals surface area contributed by atoms with E-state index in [2.05, 4.69) is 10.3 Å². The van der Waals surface area contributed by atoms with E-state index < -0.39 is 5.69 Å². The first-order valence-electron chi connectivity index (χ1n) is 10.1. The molecule has 1 N–H and O–H groups in total. The molecule has 3 heterocycles. The van der Waals surface area contributed by atoms with Crippen LogP contribution in [0.5, 0.6) is 0 Å². The third kappa shape index (κ3) is 4.22. The largest absolute Gasteiger partial charge is 0.469 e. The van der Waals surface area contributed by atoms with Gasteiger partial charge < -0.3 is 9.73 Å². The van der Waals surface area contributed by atoms with E-state index in [0.29, 0.717) is 23.9 Å². The van der Waals surface area contributed by atoms with Gasteiger partial charge in [-0.05, 0) is 56.9 Å². The molecule has 0 saturated carbocycles. The Kier molecular flexibility index (Phi) is 6.24. The molecule has 0 unspecified atom stereocenters. The maximum atomic E-state index is 12.7. The highest BCUT2D eigenvalue weighted by Gasteiger charge is 2.18. The Balaban J connectivity index is 1.73. The van der Waals surface area contributed by atoms with Crippen LogP contribution in [0.25, 0.3) is 11.0 Å². The van der Waals surface area contributed by atoms with Crippen LogP contribution in [0.1, 0.15) is 42.3 Å². The summed E-state index contributed by atoms with van der Waals surface area (Å²) in [6.07, 6.45) is 3.98. The number of nitrogens with one attached hydrogen (secondary N) is 1. The molecule has 8 nitrogen and oxygen atoms in total. The molecule has 0 aliphatic rings. The first-order valence-corrected chi connectivity index (χ1v) is 10.1. The molecule has 1 amide bonds. The van der Waals surface area contributed by atoms with Gasteiger partial charge in [-0.2, -0.15) is 0 Å². The average Bonchev–Trinajstić information content (AvgIpc) is 3.22. The molecular formula is C22H28N4O4. The maximum absolute atomic E-state index is 12.7. The Morgan fingerprint density at radius 3 is 2.60 bits per heavy atom. The number of rotatable bonds is 7. The Morgan fingerprint density at radius 1 is 1.20 bits per heavy atom. The minimum Gasteiger partial charge on any atom is -0.469 e. The van der Waals surface area contributed by atoms with E-state index in [4.69, 9.17) is 4.42 Å². The quantitative estimate of drug-likeness (QED) is 0.639. The predicted molar refractivity (Wildman–Crippen MR) is 115 cm³/mol. The average molecular weight is 412 g/mol. The highest BCUT2D eigenvalue weighted by molar-refractivity contribution is 5.80. The lowest BCUT2D eigenvalue weighted by molar-refractivity contribution is -0.121. The molecule has 0 fully saturated rings. The molecule has 30 heavy (non-hydrogen) atoms. The molecule has 3 rings (SSSR count). The molecule has 8 heteroatoms. The highest BCUT2D eigenvalue weighted by Crippen LogP contribution is 2.20. The monoisotopic (exact) mass is 412 g/mol. The van der Waals surface area contributed by atoms with Gasteiger partial charge in [0.15, 0.2) is 0 Å². The Morgan fingerprint density at radius 2 is 1.93 bits per heavy atom. The van der Waals surface area contributed by atoms with E-state index in [-0.39, 0.29) is 17.5 Å². The smallest absolute Gasteiger partial charge is 0.332 e. The first kappa shape index (κ1) is 21.5. The molecule has 0 aromatic carbocycles. The van der Waals surface area contributed by atoms with Crippen LogP contribution in [0.2, 0.25) is 0 Å². The van der Waals surface area contributed by atoms with Crippen LogP contribution in [0.3, 0.4) is 0 Å². The fourth-order valence-electron chi connectivity index (χ4n) is 3.78. The normalized spacial score (nSPS) is 12.3. The van der Waals surface area contributed by atoms with Crippen molar-refractivity contribution >= 4 is 16.9 Å². The molecule has 0 aliphatic carbocycles. The van der Waals surface area contributed by atoms with Gasteiger partial charge >= 0.3 is 5.69 Å². The molecule has 0 spiro atoms. The summed E-state index contributed by atoms with van der Waals surface area (Å²) < 4.78 is 7.79. The minimum atomic E-state index is -0.408. The molecule has 0 aliphatic heterocycles. The van der Waals surface area contributed by atoms with Crippen molar-refractivity contribution in [2.75, 3.05) is 0 Å². The van der Waals surface area contributed by atoms with Gasteiger partial charge in [-0.25, -0.2) is 9.78 Å². The van der Waals surface area contributed by atoms with Crippen LogP contribution in [-0.2, 0) is 31.7 Å². The Hall–Kier alpha value is -3.16.